The molecule has 1 amide bonds. The first kappa shape index (κ1) is 19.4. The molecule has 0 aliphatic rings. The van der Waals surface area contributed by atoms with Crippen molar-refractivity contribution in [1.82, 2.24) is 19.9 Å². The molecule has 1 heterocycles. The molecule has 0 aliphatic heterocycles. The van der Waals surface area contributed by atoms with Crippen LogP contribution in [-0.2, 0) is 13.1 Å². The summed E-state index contributed by atoms with van der Waals surface area (Å²) in [6, 6.07) is 20.8. The Morgan fingerprint density at radius 2 is 1.76 bits per heavy atom. The van der Waals surface area contributed by atoms with Gasteiger partial charge in [0.05, 0.1) is 22.1 Å². The van der Waals surface area contributed by atoms with Crippen molar-refractivity contribution in [2.45, 2.75) is 13.1 Å². The number of hydrogen-bond donors (Lipinski definition) is 0. The van der Waals surface area contributed by atoms with Gasteiger partial charge in [-0.15, -0.1) is 5.10 Å². The van der Waals surface area contributed by atoms with E-state index in [-0.39, 0.29) is 5.91 Å². The molecule has 29 heavy (non-hydrogen) atoms. The number of carbonyl (C=O) groups is 1. The summed E-state index contributed by atoms with van der Waals surface area (Å²) in [6.07, 6.45) is 0. The van der Waals surface area contributed by atoms with Gasteiger partial charge in [0.25, 0.3) is 5.91 Å². The van der Waals surface area contributed by atoms with Gasteiger partial charge >= 0.3 is 0 Å². The van der Waals surface area contributed by atoms with Crippen molar-refractivity contribution in [1.29, 1.82) is 0 Å². The van der Waals surface area contributed by atoms with Gasteiger partial charge in [0.1, 0.15) is 5.52 Å². The van der Waals surface area contributed by atoms with E-state index in [1.165, 1.54) is 0 Å². The first-order chi connectivity index (χ1) is 14.0. The van der Waals surface area contributed by atoms with Crippen molar-refractivity contribution < 1.29 is 4.79 Å². The molecule has 0 radical (unpaired) electrons. The summed E-state index contributed by atoms with van der Waals surface area (Å²) in [5.74, 6) is -0.0844. The van der Waals surface area contributed by atoms with Gasteiger partial charge in [0.15, 0.2) is 0 Å². The lowest BCUT2D eigenvalue weighted by Crippen LogP contribution is -2.26. The number of benzene rings is 3. The van der Waals surface area contributed by atoms with Crippen molar-refractivity contribution in [3.63, 3.8) is 0 Å². The second-order valence-electron chi connectivity index (χ2n) is 6.81. The lowest BCUT2D eigenvalue weighted by atomic mass is 10.1. The maximum atomic E-state index is 12.8. The monoisotopic (exact) mass is 424 g/mol. The van der Waals surface area contributed by atoms with Crippen LogP contribution < -0.4 is 0 Å². The lowest BCUT2D eigenvalue weighted by Gasteiger charge is -2.18. The van der Waals surface area contributed by atoms with Crippen molar-refractivity contribution >= 4 is 40.1 Å². The Hall–Kier alpha value is -2.89. The third kappa shape index (κ3) is 4.11. The van der Waals surface area contributed by atoms with Crippen LogP contribution >= 0.6 is 23.2 Å². The normalized spacial score (nSPS) is 11.0. The average molecular weight is 425 g/mol. The Bertz CT molecular complexity index is 1170. The van der Waals surface area contributed by atoms with Gasteiger partial charge in [-0.25, -0.2) is 4.68 Å². The third-order valence-corrected chi connectivity index (χ3v) is 5.60. The molecule has 4 aromatic rings. The van der Waals surface area contributed by atoms with Crippen molar-refractivity contribution in [2.24, 2.45) is 0 Å². The maximum absolute atomic E-state index is 12.8. The molecular weight excluding hydrogens is 407 g/mol. The Morgan fingerprint density at radius 1 is 1.00 bits per heavy atom. The van der Waals surface area contributed by atoms with E-state index in [1.54, 1.807) is 18.0 Å². The molecule has 5 nitrogen and oxygen atoms in total. The first-order valence-electron chi connectivity index (χ1n) is 9.08. The molecule has 0 saturated carbocycles. The zero-order valence-corrected chi connectivity index (χ0v) is 17.2. The Kier molecular flexibility index (Phi) is 5.51. The van der Waals surface area contributed by atoms with Gasteiger partial charge in [0.2, 0.25) is 0 Å². The van der Waals surface area contributed by atoms with Crippen LogP contribution in [0.15, 0.2) is 66.7 Å². The standard InChI is InChI=1S/C22H18Cl2N4O/c1-27(14-17-5-4-6-18(23)21(17)24)22(29)16-11-9-15(10-12-16)13-28-20-8-3-2-7-19(20)25-26-28/h2-12H,13-14H2,1H3. The molecule has 3 aromatic carbocycles. The van der Waals surface area contributed by atoms with E-state index in [2.05, 4.69) is 10.3 Å². The smallest absolute Gasteiger partial charge is 0.253 e. The Balaban J connectivity index is 1.47. The third-order valence-electron chi connectivity index (χ3n) is 4.74. The van der Waals surface area contributed by atoms with E-state index < -0.39 is 0 Å². The number of para-hydroxylation sites is 1. The summed E-state index contributed by atoms with van der Waals surface area (Å²) in [5, 5.41) is 9.33. The minimum Gasteiger partial charge on any atom is -0.337 e. The fourth-order valence-corrected chi connectivity index (χ4v) is 3.56. The molecule has 1 aromatic heterocycles. The van der Waals surface area contributed by atoms with Crippen LogP contribution in [0.4, 0.5) is 0 Å². The summed E-state index contributed by atoms with van der Waals surface area (Å²) >= 11 is 12.3. The van der Waals surface area contributed by atoms with Gasteiger partial charge in [-0.1, -0.05) is 64.8 Å². The van der Waals surface area contributed by atoms with E-state index in [0.717, 1.165) is 22.2 Å². The first-order valence-corrected chi connectivity index (χ1v) is 9.84. The van der Waals surface area contributed by atoms with E-state index in [4.69, 9.17) is 23.2 Å². The zero-order valence-electron chi connectivity index (χ0n) is 15.7. The van der Waals surface area contributed by atoms with Crippen LogP contribution in [0, 0.1) is 0 Å². The molecule has 0 fully saturated rings. The van der Waals surface area contributed by atoms with E-state index in [0.29, 0.717) is 28.7 Å². The summed E-state index contributed by atoms with van der Waals surface area (Å²) in [7, 11) is 1.75. The van der Waals surface area contributed by atoms with Crippen LogP contribution in [0.1, 0.15) is 21.5 Å². The summed E-state index contributed by atoms with van der Waals surface area (Å²) < 4.78 is 1.85. The number of halogens is 2. The van der Waals surface area contributed by atoms with Crippen molar-refractivity contribution in [3.8, 4) is 0 Å². The zero-order chi connectivity index (χ0) is 20.4. The second kappa shape index (κ2) is 8.23. The molecule has 0 N–H and O–H groups in total. The molecule has 0 aliphatic carbocycles. The largest absolute Gasteiger partial charge is 0.337 e. The molecular formula is C22H18Cl2N4O. The van der Waals surface area contributed by atoms with E-state index in [9.17, 15) is 4.79 Å². The number of aromatic nitrogens is 3. The minimum atomic E-state index is -0.0844. The highest BCUT2D eigenvalue weighted by molar-refractivity contribution is 6.42. The van der Waals surface area contributed by atoms with Crippen LogP contribution in [0.25, 0.3) is 11.0 Å². The van der Waals surface area contributed by atoms with Crippen LogP contribution in [0.2, 0.25) is 10.0 Å². The van der Waals surface area contributed by atoms with Crippen LogP contribution in [0.5, 0.6) is 0 Å². The molecule has 146 valence electrons. The Morgan fingerprint density at radius 3 is 2.55 bits per heavy atom. The number of nitrogens with zero attached hydrogens (tertiary/aromatic N) is 4. The maximum Gasteiger partial charge on any atom is 0.253 e. The minimum absolute atomic E-state index is 0.0844. The van der Waals surface area contributed by atoms with Crippen LogP contribution in [0.3, 0.4) is 0 Å². The molecule has 0 saturated heterocycles. The highest BCUT2D eigenvalue weighted by atomic mass is 35.5. The molecule has 0 unspecified atom stereocenters. The van der Waals surface area contributed by atoms with Crippen molar-refractivity contribution in [2.75, 3.05) is 7.05 Å². The fraction of sp³-hybridized carbons (Fsp3) is 0.136. The number of hydrogen-bond acceptors (Lipinski definition) is 3. The molecule has 4 rings (SSSR count). The number of rotatable bonds is 5. The highest BCUT2D eigenvalue weighted by Crippen LogP contribution is 2.26. The second-order valence-corrected chi connectivity index (χ2v) is 7.59. The molecule has 0 spiro atoms. The SMILES string of the molecule is CN(Cc1cccc(Cl)c1Cl)C(=O)c1ccc(Cn2nnc3ccccc32)cc1. The average Bonchev–Trinajstić information content (AvgIpc) is 3.14. The fourth-order valence-electron chi connectivity index (χ4n) is 3.18. The van der Waals surface area contributed by atoms with Gasteiger partial charge in [-0.05, 0) is 41.5 Å². The Labute approximate surface area is 178 Å². The number of amides is 1. The van der Waals surface area contributed by atoms with E-state index >= 15 is 0 Å². The predicted octanol–water partition coefficient (Wildman–Crippen LogP) is 5.06. The van der Waals surface area contributed by atoms with Gasteiger partial charge in [-0.3, -0.25) is 4.79 Å². The van der Waals surface area contributed by atoms with E-state index in [1.807, 2.05) is 65.3 Å². The predicted molar refractivity (Wildman–Crippen MR) is 115 cm³/mol. The topological polar surface area (TPSA) is 51.0 Å². The van der Waals surface area contributed by atoms with Gasteiger partial charge in [0, 0.05) is 19.2 Å². The summed E-state index contributed by atoms with van der Waals surface area (Å²) in [6.45, 7) is 0.966. The molecule has 7 heteroatoms. The summed E-state index contributed by atoms with van der Waals surface area (Å²) in [5.41, 5.74) is 4.30. The number of fused-ring (bicyclic) bond motifs is 1. The lowest BCUT2D eigenvalue weighted by molar-refractivity contribution is 0.0785. The summed E-state index contributed by atoms with van der Waals surface area (Å²) in [4.78, 5) is 14.4. The molecule has 0 bridgehead atoms. The van der Waals surface area contributed by atoms with Gasteiger partial charge in [-0.2, -0.15) is 0 Å². The van der Waals surface area contributed by atoms with Crippen LogP contribution in [-0.4, -0.2) is 32.8 Å². The highest BCUT2D eigenvalue weighted by Gasteiger charge is 2.14. The van der Waals surface area contributed by atoms with Crippen molar-refractivity contribution in [3.05, 3.63) is 93.5 Å². The molecule has 0 atom stereocenters. The van der Waals surface area contributed by atoms with Gasteiger partial charge < -0.3 is 4.90 Å². The quantitative estimate of drug-likeness (QED) is 0.449. The number of carbonyl (C=O) groups excluding carboxylic acids is 1.